The van der Waals surface area contributed by atoms with E-state index in [0.717, 1.165) is 17.0 Å². The molecule has 7 heterocycles. The quantitative estimate of drug-likeness (QED) is 0.161. The minimum atomic E-state index is -0.622. The average Bonchev–Trinajstić information content (AvgIpc) is 3.66. The fourth-order valence-electron chi connectivity index (χ4n) is 8.73. The van der Waals surface area contributed by atoms with Gasteiger partial charge in [-0.2, -0.15) is 4.40 Å². The van der Waals surface area contributed by atoms with Crippen molar-refractivity contribution in [3.8, 4) is 11.5 Å². The van der Waals surface area contributed by atoms with Crippen LogP contribution < -0.4 is 13.9 Å². The first-order valence-corrected chi connectivity index (χ1v) is 14.1. The molecule has 4 aromatic heterocycles. The lowest BCUT2D eigenvalue weighted by molar-refractivity contribution is -0.934. The molecule has 3 aliphatic heterocycles. The van der Waals surface area contributed by atoms with Crippen LogP contribution in [0.15, 0.2) is 110 Å². The molecule has 0 aliphatic carbocycles. The van der Waals surface area contributed by atoms with Gasteiger partial charge in [0.1, 0.15) is 22.6 Å². The van der Waals surface area contributed by atoms with Crippen molar-refractivity contribution in [2.45, 2.75) is 5.66 Å². The normalized spacial score (nSPS) is 17.6. The lowest BCUT2D eigenvalue weighted by Crippen LogP contribution is -2.72. The number of pyridine rings is 3. The van der Waals surface area contributed by atoms with E-state index in [9.17, 15) is 0 Å². The molecule has 0 amide bonds. The SMILES string of the molecule is c1ccc2c(c1)c1ccc3c4c1c1c2ccc[n+]1C41c2c(ccc4c5ccncc5n5c6ccccc6[n+]1c5c24)O3. The van der Waals surface area contributed by atoms with Crippen molar-refractivity contribution in [2.24, 2.45) is 0 Å². The molecule has 0 saturated heterocycles. The number of nitrogens with zero attached hydrogens (tertiary/aromatic N) is 4. The van der Waals surface area contributed by atoms with Gasteiger partial charge in [0, 0.05) is 23.0 Å². The van der Waals surface area contributed by atoms with Gasteiger partial charge in [0.05, 0.1) is 22.4 Å². The number of imidazole rings is 1. The second-order valence-electron chi connectivity index (χ2n) is 11.6. The highest BCUT2D eigenvalue weighted by Gasteiger charge is 2.68. The van der Waals surface area contributed by atoms with Crippen LogP contribution >= 0.6 is 0 Å². The van der Waals surface area contributed by atoms with Gasteiger partial charge in [-0.25, -0.2) is 0 Å². The first-order chi connectivity index (χ1) is 20.4. The predicted molar refractivity (Wildman–Crippen MR) is 159 cm³/mol. The smallest absolute Gasteiger partial charge is 0.372 e. The number of rotatable bonds is 0. The van der Waals surface area contributed by atoms with Gasteiger partial charge >= 0.3 is 11.3 Å². The molecule has 9 aromatic rings. The summed E-state index contributed by atoms with van der Waals surface area (Å²) < 4.78 is 14.4. The summed E-state index contributed by atoms with van der Waals surface area (Å²) in [6, 6.07) is 33.2. The van der Waals surface area contributed by atoms with E-state index in [4.69, 9.17) is 4.74 Å². The van der Waals surface area contributed by atoms with Crippen LogP contribution in [0.4, 0.5) is 0 Å². The van der Waals surface area contributed by atoms with Gasteiger partial charge in [-0.1, -0.05) is 36.4 Å². The molecule has 0 fully saturated rings. The van der Waals surface area contributed by atoms with E-state index in [0.29, 0.717) is 0 Å². The summed E-state index contributed by atoms with van der Waals surface area (Å²) in [5.74, 6) is 1.86. The Labute approximate surface area is 231 Å². The zero-order chi connectivity index (χ0) is 26.2. The molecule has 12 rings (SSSR count). The Morgan fingerprint density at radius 3 is 2.24 bits per heavy atom. The van der Waals surface area contributed by atoms with Crippen molar-refractivity contribution in [3.63, 3.8) is 0 Å². The molecule has 5 aromatic carbocycles. The molecule has 0 saturated carbocycles. The maximum atomic E-state index is 6.86. The van der Waals surface area contributed by atoms with Gasteiger partial charge in [-0.3, -0.25) is 4.98 Å². The van der Waals surface area contributed by atoms with Crippen LogP contribution in [0.25, 0.3) is 70.8 Å². The van der Waals surface area contributed by atoms with Gasteiger partial charge < -0.3 is 4.74 Å². The maximum absolute atomic E-state index is 6.86. The van der Waals surface area contributed by atoms with Crippen LogP contribution in [0.2, 0.25) is 0 Å². The Balaban J connectivity index is 1.48. The van der Waals surface area contributed by atoms with Gasteiger partial charge in [-0.05, 0) is 64.7 Å². The summed E-state index contributed by atoms with van der Waals surface area (Å²) in [6.45, 7) is 0. The van der Waals surface area contributed by atoms with Crippen LogP contribution in [0.3, 0.4) is 0 Å². The lowest BCUT2D eigenvalue weighted by Gasteiger charge is -2.28. The molecule has 186 valence electrons. The number of benzene rings is 5. The Morgan fingerprint density at radius 1 is 0.634 bits per heavy atom. The Kier molecular flexibility index (Phi) is 2.83. The minimum Gasteiger partial charge on any atom is -0.456 e. The molecule has 3 aliphatic rings. The van der Waals surface area contributed by atoms with Crippen LogP contribution in [-0.2, 0) is 5.66 Å². The van der Waals surface area contributed by atoms with E-state index in [1.54, 1.807) is 0 Å². The third-order valence-electron chi connectivity index (χ3n) is 10.0. The van der Waals surface area contributed by atoms with E-state index in [1.165, 1.54) is 76.4 Å². The molecule has 0 N–H and O–H groups in total. The number of hydrogen-bond donors (Lipinski definition) is 0. The maximum Gasteiger partial charge on any atom is 0.372 e. The van der Waals surface area contributed by atoms with Crippen molar-refractivity contribution in [2.75, 3.05) is 0 Å². The Morgan fingerprint density at radius 2 is 1.37 bits per heavy atom. The average molecular weight is 523 g/mol. The summed E-state index contributed by atoms with van der Waals surface area (Å²) in [4.78, 5) is 4.59. The number of fused-ring (bicyclic) bond motifs is 9. The second-order valence-corrected chi connectivity index (χ2v) is 11.6. The molecular weight excluding hydrogens is 504 g/mol. The van der Waals surface area contributed by atoms with E-state index in [2.05, 4.69) is 116 Å². The fraction of sp³-hybridized carbons (Fsp3) is 0.0278. The summed E-state index contributed by atoms with van der Waals surface area (Å²) in [5, 5.41) is 10.1. The molecule has 1 spiro atoms. The van der Waals surface area contributed by atoms with Crippen molar-refractivity contribution in [3.05, 3.63) is 121 Å². The highest BCUT2D eigenvalue weighted by atomic mass is 16.5. The third-order valence-corrected chi connectivity index (χ3v) is 10.0. The monoisotopic (exact) mass is 522 g/mol. The summed E-state index contributed by atoms with van der Waals surface area (Å²) in [6.07, 6.45) is 6.20. The molecule has 0 radical (unpaired) electrons. The third kappa shape index (κ3) is 1.76. The molecular formula is C36H18N4O+2. The summed E-state index contributed by atoms with van der Waals surface area (Å²) in [5.41, 5.74) is 7.78. The van der Waals surface area contributed by atoms with Crippen LogP contribution in [0, 0.1) is 0 Å². The minimum absolute atomic E-state index is 0.622. The van der Waals surface area contributed by atoms with Crippen molar-refractivity contribution < 1.29 is 13.9 Å². The molecule has 0 bridgehead atoms. The molecule has 1 atom stereocenters. The van der Waals surface area contributed by atoms with Gasteiger partial charge in [0.2, 0.25) is 5.52 Å². The van der Waals surface area contributed by atoms with Gasteiger partial charge in [0.15, 0.2) is 22.7 Å². The zero-order valence-electron chi connectivity index (χ0n) is 21.6. The van der Waals surface area contributed by atoms with Gasteiger partial charge in [-0.15, -0.1) is 9.13 Å². The first-order valence-electron chi connectivity index (χ1n) is 14.1. The summed E-state index contributed by atoms with van der Waals surface area (Å²) in [7, 11) is 0. The Hall–Kier alpha value is -5.55. The lowest BCUT2D eigenvalue weighted by atomic mass is 9.84. The molecule has 1 unspecified atom stereocenters. The van der Waals surface area contributed by atoms with Crippen molar-refractivity contribution in [1.82, 2.24) is 9.38 Å². The standard InChI is InChI=1S/C36H18N4O/c1-2-7-20-19(6-1)22-11-13-28-32-30(22)34-24(20)8-5-17-38(34)36(32)33-29(41-28)14-12-23-21-15-16-37-18-27(21)39-25-9-3-4-10-26(25)40(36)35(39)31(23)33/h1-18H/q+2. The number of ether oxygens (including phenoxy) is 1. The van der Waals surface area contributed by atoms with E-state index >= 15 is 0 Å². The van der Waals surface area contributed by atoms with Crippen LogP contribution in [-0.4, -0.2) is 9.38 Å². The van der Waals surface area contributed by atoms with Gasteiger partial charge in [0.25, 0.3) is 0 Å². The van der Waals surface area contributed by atoms with E-state index in [1.807, 2.05) is 12.4 Å². The van der Waals surface area contributed by atoms with E-state index in [-0.39, 0.29) is 0 Å². The predicted octanol–water partition coefficient (Wildman–Crippen LogP) is 6.86. The zero-order valence-corrected chi connectivity index (χ0v) is 21.6. The number of hydrogen-bond acceptors (Lipinski definition) is 2. The van der Waals surface area contributed by atoms with Crippen molar-refractivity contribution >= 4 is 70.8 Å². The van der Waals surface area contributed by atoms with Crippen LogP contribution in [0.5, 0.6) is 11.5 Å². The van der Waals surface area contributed by atoms with Crippen LogP contribution in [0.1, 0.15) is 11.1 Å². The number of para-hydroxylation sites is 2. The highest BCUT2D eigenvalue weighted by molar-refractivity contribution is 6.26. The topological polar surface area (TPSA) is 34.3 Å². The second kappa shape index (κ2) is 5.96. The molecule has 5 heteroatoms. The number of aromatic nitrogens is 4. The summed E-state index contributed by atoms with van der Waals surface area (Å²) >= 11 is 0. The van der Waals surface area contributed by atoms with E-state index < -0.39 is 5.66 Å². The fourth-order valence-corrected chi connectivity index (χ4v) is 8.73. The van der Waals surface area contributed by atoms with Crippen molar-refractivity contribution in [1.29, 1.82) is 0 Å². The highest BCUT2D eigenvalue weighted by Crippen LogP contribution is 2.58. The first kappa shape index (κ1) is 19.5. The largest absolute Gasteiger partial charge is 0.456 e. The molecule has 5 nitrogen and oxygen atoms in total. The molecule has 41 heavy (non-hydrogen) atoms. The Bertz CT molecular complexity index is 2790.